The maximum atomic E-state index is 3.58. The van der Waals surface area contributed by atoms with E-state index < -0.39 is 0 Å². The Bertz CT molecular complexity index is 827. The summed E-state index contributed by atoms with van der Waals surface area (Å²) in [6.45, 7) is 2.26. The van der Waals surface area contributed by atoms with Gasteiger partial charge in [-0.3, -0.25) is 0 Å². The van der Waals surface area contributed by atoms with Crippen molar-refractivity contribution in [2.24, 2.45) is 5.92 Å². The van der Waals surface area contributed by atoms with Crippen LogP contribution >= 0.6 is 0 Å². The summed E-state index contributed by atoms with van der Waals surface area (Å²) in [5.41, 5.74) is 6.75. The van der Waals surface area contributed by atoms with E-state index in [0.29, 0.717) is 11.8 Å². The lowest BCUT2D eigenvalue weighted by molar-refractivity contribution is 0.718. The Kier molecular flexibility index (Phi) is 5.06. The zero-order chi connectivity index (χ0) is 17.8. The molecular weight excluding hydrogens is 314 g/mol. The highest BCUT2D eigenvalue weighted by Crippen LogP contribution is 2.30. The van der Waals surface area contributed by atoms with E-state index >= 15 is 0 Å². The van der Waals surface area contributed by atoms with Crippen LogP contribution in [0.15, 0.2) is 90.3 Å². The number of benzene rings is 1. The summed E-state index contributed by atoms with van der Waals surface area (Å²) in [6.07, 6.45) is 24.6. The molecule has 1 aromatic rings. The van der Waals surface area contributed by atoms with Crippen molar-refractivity contribution in [2.45, 2.75) is 38.5 Å². The van der Waals surface area contributed by atoms with E-state index in [2.05, 4.69) is 91.2 Å². The quantitative estimate of drug-likeness (QED) is 0.666. The highest BCUT2D eigenvalue weighted by molar-refractivity contribution is 5.69. The fraction of sp³-hybridized carbons (Fsp3) is 0.280. The highest BCUT2D eigenvalue weighted by atomic mass is 14.9. The second kappa shape index (κ2) is 7.78. The summed E-state index contributed by atoms with van der Waals surface area (Å²) in [5.74, 6) is 1.19. The maximum Gasteiger partial charge on any atom is 0.0338 e. The van der Waals surface area contributed by atoms with Gasteiger partial charge in [0.1, 0.15) is 0 Å². The van der Waals surface area contributed by atoms with E-state index in [0.717, 1.165) is 25.7 Å². The maximum absolute atomic E-state index is 3.58. The molecule has 0 heterocycles. The van der Waals surface area contributed by atoms with Crippen LogP contribution in [-0.4, -0.2) is 0 Å². The third-order valence-corrected chi connectivity index (χ3v) is 5.46. The molecule has 0 bridgehead atoms. The molecule has 3 aliphatic carbocycles. The first kappa shape index (κ1) is 16.9. The van der Waals surface area contributed by atoms with Crippen molar-refractivity contribution in [3.63, 3.8) is 0 Å². The normalized spacial score (nSPS) is 24.7. The summed E-state index contributed by atoms with van der Waals surface area (Å²) in [7, 11) is 0. The highest BCUT2D eigenvalue weighted by Gasteiger charge is 2.12. The Morgan fingerprint density at radius 2 is 1.81 bits per heavy atom. The lowest BCUT2D eigenvalue weighted by Gasteiger charge is -2.20. The van der Waals surface area contributed by atoms with Crippen LogP contribution in [0.2, 0.25) is 0 Å². The van der Waals surface area contributed by atoms with Crippen LogP contribution in [0.25, 0.3) is 5.57 Å². The Hall–Kier alpha value is -2.54. The van der Waals surface area contributed by atoms with Gasteiger partial charge in [0, 0.05) is 17.3 Å². The molecule has 2 atom stereocenters. The van der Waals surface area contributed by atoms with Gasteiger partial charge in [0.25, 0.3) is 0 Å². The van der Waals surface area contributed by atoms with Crippen LogP contribution in [-0.2, 0) is 0 Å². The van der Waals surface area contributed by atoms with Gasteiger partial charge in [-0.25, -0.2) is 0 Å². The predicted molar refractivity (Wildman–Crippen MR) is 112 cm³/mol. The fourth-order valence-electron chi connectivity index (χ4n) is 3.76. The summed E-state index contributed by atoms with van der Waals surface area (Å²) < 4.78 is 0. The molecule has 1 heteroatoms. The predicted octanol–water partition coefficient (Wildman–Crippen LogP) is 6.42. The smallest absolute Gasteiger partial charge is 0.0338 e. The largest absolute Gasteiger partial charge is 0.359 e. The monoisotopic (exact) mass is 341 g/mol. The van der Waals surface area contributed by atoms with Crippen LogP contribution in [0.1, 0.15) is 49.7 Å². The van der Waals surface area contributed by atoms with Crippen molar-refractivity contribution in [2.75, 3.05) is 0 Å². The molecule has 1 nitrogen and oxygen atoms in total. The molecular formula is C25H27N. The second-order valence-electron chi connectivity index (χ2n) is 7.52. The molecule has 0 fully saturated rings. The zero-order valence-corrected chi connectivity index (χ0v) is 15.5. The molecule has 1 N–H and O–H groups in total. The molecule has 0 aromatic heterocycles. The minimum atomic E-state index is 0.532. The molecule has 0 radical (unpaired) electrons. The molecule has 3 aliphatic rings. The molecule has 0 saturated carbocycles. The lowest BCUT2D eigenvalue weighted by atomic mass is 9.90. The summed E-state index contributed by atoms with van der Waals surface area (Å²) >= 11 is 0. The van der Waals surface area contributed by atoms with Gasteiger partial charge in [0.2, 0.25) is 0 Å². The van der Waals surface area contributed by atoms with Gasteiger partial charge < -0.3 is 5.32 Å². The SMILES string of the molecule is CC1C=CC(NC2=CC=C(c3ccc(C4C=CC=CC4)cc3)CC2)=CC1. The van der Waals surface area contributed by atoms with Crippen molar-refractivity contribution < 1.29 is 0 Å². The van der Waals surface area contributed by atoms with E-state index in [9.17, 15) is 0 Å². The van der Waals surface area contributed by atoms with Gasteiger partial charge in [-0.15, -0.1) is 0 Å². The molecule has 0 spiro atoms. The average molecular weight is 341 g/mol. The molecule has 2 unspecified atom stereocenters. The summed E-state index contributed by atoms with van der Waals surface area (Å²) in [5, 5.41) is 3.58. The van der Waals surface area contributed by atoms with Crippen LogP contribution in [0.3, 0.4) is 0 Å². The molecule has 4 rings (SSSR count). The molecule has 1 aromatic carbocycles. The zero-order valence-electron chi connectivity index (χ0n) is 15.5. The van der Waals surface area contributed by atoms with Crippen LogP contribution in [0.4, 0.5) is 0 Å². The van der Waals surface area contributed by atoms with Gasteiger partial charge in [-0.05, 0) is 60.5 Å². The van der Waals surface area contributed by atoms with Gasteiger partial charge in [-0.2, -0.15) is 0 Å². The van der Waals surface area contributed by atoms with Crippen LogP contribution < -0.4 is 5.32 Å². The van der Waals surface area contributed by atoms with E-state index in [1.165, 1.54) is 28.1 Å². The number of nitrogens with one attached hydrogen (secondary N) is 1. The van der Waals surface area contributed by atoms with Crippen molar-refractivity contribution >= 4 is 5.57 Å². The third-order valence-electron chi connectivity index (χ3n) is 5.46. The summed E-state index contributed by atoms with van der Waals surface area (Å²) in [6, 6.07) is 9.15. The minimum absolute atomic E-state index is 0.532. The minimum Gasteiger partial charge on any atom is -0.359 e. The number of hydrogen-bond acceptors (Lipinski definition) is 1. The van der Waals surface area contributed by atoms with Crippen molar-refractivity contribution in [1.82, 2.24) is 5.32 Å². The van der Waals surface area contributed by atoms with Crippen LogP contribution in [0.5, 0.6) is 0 Å². The van der Waals surface area contributed by atoms with E-state index in [4.69, 9.17) is 0 Å². The number of rotatable bonds is 4. The Balaban J connectivity index is 1.41. The van der Waals surface area contributed by atoms with Gasteiger partial charge in [0.15, 0.2) is 0 Å². The molecule has 0 aliphatic heterocycles. The first-order chi connectivity index (χ1) is 12.8. The van der Waals surface area contributed by atoms with Gasteiger partial charge >= 0.3 is 0 Å². The van der Waals surface area contributed by atoms with Gasteiger partial charge in [-0.1, -0.05) is 73.7 Å². The molecule has 0 amide bonds. The number of hydrogen-bond donors (Lipinski definition) is 1. The average Bonchev–Trinajstić information content (AvgIpc) is 2.71. The Morgan fingerprint density at radius 3 is 2.46 bits per heavy atom. The standard InChI is InChI=1S/C25H27N/c1-19-7-15-24(16-8-19)26-25-17-13-23(14-18-25)22-11-9-21(10-12-22)20-5-3-2-4-6-20/h2-5,7,9-13,15-17,19-20,26H,6,8,14,18H2,1H3. The lowest BCUT2D eigenvalue weighted by Crippen LogP contribution is -2.15. The van der Waals surface area contributed by atoms with Crippen molar-refractivity contribution in [1.29, 1.82) is 0 Å². The number of allylic oxidation sites excluding steroid dienone is 11. The Morgan fingerprint density at radius 1 is 0.923 bits per heavy atom. The van der Waals surface area contributed by atoms with E-state index in [1.807, 2.05) is 0 Å². The van der Waals surface area contributed by atoms with E-state index in [-0.39, 0.29) is 0 Å². The molecule has 26 heavy (non-hydrogen) atoms. The van der Waals surface area contributed by atoms with Crippen molar-refractivity contribution in [3.8, 4) is 0 Å². The first-order valence-electron chi connectivity index (χ1n) is 9.77. The fourth-order valence-corrected chi connectivity index (χ4v) is 3.76. The van der Waals surface area contributed by atoms with Gasteiger partial charge in [0.05, 0.1) is 0 Å². The molecule has 0 saturated heterocycles. The Labute approximate surface area is 157 Å². The first-order valence-corrected chi connectivity index (χ1v) is 9.77. The molecule has 132 valence electrons. The van der Waals surface area contributed by atoms with Crippen molar-refractivity contribution in [3.05, 3.63) is 101 Å². The van der Waals surface area contributed by atoms with Crippen LogP contribution in [0, 0.1) is 5.92 Å². The second-order valence-corrected chi connectivity index (χ2v) is 7.52. The summed E-state index contributed by atoms with van der Waals surface area (Å²) in [4.78, 5) is 0. The topological polar surface area (TPSA) is 12.0 Å². The third kappa shape index (κ3) is 3.99. The van der Waals surface area contributed by atoms with E-state index in [1.54, 1.807) is 0 Å².